The molecule has 0 aliphatic carbocycles. The minimum atomic E-state index is -4.19. The number of hydrogen-bond acceptors (Lipinski definition) is 4. The molecule has 14 heavy (non-hydrogen) atoms. The van der Waals surface area contributed by atoms with Crippen molar-refractivity contribution in [3.8, 4) is 0 Å². The molecule has 6 heteroatoms. The Bertz CT molecular complexity index is 414. The molecule has 0 amide bonds. The maximum atomic E-state index is 10.9. The van der Waals surface area contributed by atoms with Crippen molar-refractivity contribution in [1.29, 1.82) is 0 Å². The molecule has 0 fully saturated rings. The molecule has 0 saturated carbocycles. The van der Waals surface area contributed by atoms with E-state index in [0.29, 0.717) is 5.56 Å². The first-order valence-corrected chi connectivity index (χ1v) is 5.42. The highest BCUT2D eigenvalue weighted by atomic mass is 32.2. The minimum absolute atomic E-state index is 0.138. The van der Waals surface area contributed by atoms with E-state index in [9.17, 15) is 8.42 Å². The molecule has 1 rings (SSSR count). The van der Waals surface area contributed by atoms with Crippen molar-refractivity contribution in [2.24, 2.45) is 11.5 Å². The van der Waals surface area contributed by atoms with Gasteiger partial charge in [0.05, 0.1) is 11.1 Å². The second-order valence-electron chi connectivity index (χ2n) is 2.95. The van der Waals surface area contributed by atoms with Crippen LogP contribution in [0.1, 0.15) is 5.56 Å². The van der Waals surface area contributed by atoms with Crippen LogP contribution in [-0.4, -0.2) is 19.1 Å². The molecule has 0 aliphatic heterocycles. The maximum absolute atomic E-state index is 10.9. The zero-order chi connectivity index (χ0) is 10.8. The topological polar surface area (TPSA) is 106 Å². The SMILES string of the molecule is NC(N)Cc1ccccc1S(=O)(=O)O. The Hall–Kier alpha value is -0.950. The Labute approximate surface area is 82.5 Å². The van der Waals surface area contributed by atoms with Gasteiger partial charge in [-0.25, -0.2) is 0 Å². The lowest BCUT2D eigenvalue weighted by Gasteiger charge is -2.08. The van der Waals surface area contributed by atoms with Crippen LogP contribution in [0.25, 0.3) is 0 Å². The van der Waals surface area contributed by atoms with E-state index in [2.05, 4.69) is 0 Å². The van der Waals surface area contributed by atoms with Gasteiger partial charge in [0.25, 0.3) is 10.1 Å². The standard InChI is InChI=1S/C8H12N2O3S/c9-8(10)5-6-3-1-2-4-7(6)14(11,12)13/h1-4,8H,5,9-10H2,(H,11,12,13). The van der Waals surface area contributed by atoms with Gasteiger partial charge in [-0.15, -0.1) is 0 Å². The zero-order valence-electron chi connectivity index (χ0n) is 7.42. The van der Waals surface area contributed by atoms with Crippen LogP contribution in [0.2, 0.25) is 0 Å². The Kier molecular flexibility index (Phi) is 3.22. The predicted molar refractivity (Wildman–Crippen MR) is 52.1 cm³/mol. The van der Waals surface area contributed by atoms with Gasteiger partial charge in [0.1, 0.15) is 0 Å². The van der Waals surface area contributed by atoms with Crippen LogP contribution in [0.5, 0.6) is 0 Å². The molecule has 5 N–H and O–H groups in total. The highest BCUT2D eigenvalue weighted by Crippen LogP contribution is 2.15. The molecule has 1 aromatic carbocycles. The highest BCUT2D eigenvalue weighted by Gasteiger charge is 2.14. The maximum Gasteiger partial charge on any atom is 0.294 e. The fraction of sp³-hybridized carbons (Fsp3) is 0.250. The predicted octanol–water partition coefficient (Wildman–Crippen LogP) is -0.281. The number of nitrogens with two attached hydrogens (primary N) is 2. The summed E-state index contributed by atoms with van der Waals surface area (Å²) in [6.07, 6.45) is -0.437. The van der Waals surface area contributed by atoms with E-state index in [4.69, 9.17) is 16.0 Å². The molecule has 1 aromatic rings. The summed E-state index contributed by atoms with van der Waals surface area (Å²) in [5, 5.41) is 0. The summed E-state index contributed by atoms with van der Waals surface area (Å²) in [5.41, 5.74) is 11.1. The first-order chi connectivity index (χ1) is 6.41. The molecule has 0 unspecified atom stereocenters. The van der Waals surface area contributed by atoms with Gasteiger partial charge >= 0.3 is 0 Å². The van der Waals surface area contributed by atoms with Crippen molar-refractivity contribution in [1.82, 2.24) is 0 Å². The first-order valence-electron chi connectivity index (χ1n) is 3.98. The fourth-order valence-electron chi connectivity index (χ4n) is 1.18. The molecule has 0 radical (unpaired) electrons. The van der Waals surface area contributed by atoms with Crippen molar-refractivity contribution in [3.05, 3.63) is 29.8 Å². The smallest absolute Gasteiger partial charge is 0.294 e. The van der Waals surface area contributed by atoms with Gasteiger partial charge in [-0.2, -0.15) is 8.42 Å². The van der Waals surface area contributed by atoms with E-state index in [0.717, 1.165) is 0 Å². The van der Waals surface area contributed by atoms with Gasteiger partial charge in [-0.1, -0.05) is 18.2 Å². The van der Waals surface area contributed by atoms with Crippen LogP contribution in [0.4, 0.5) is 0 Å². The molecular weight excluding hydrogens is 204 g/mol. The Morgan fingerprint density at radius 2 is 1.86 bits per heavy atom. The number of hydrogen-bond donors (Lipinski definition) is 3. The van der Waals surface area contributed by atoms with E-state index < -0.39 is 16.3 Å². The molecule has 0 spiro atoms. The first kappa shape index (κ1) is 11.1. The molecule has 0 aliphatic rings. The second-order valence-corrected chi connectivity index (χ2v) is 4.34. The van der Waals surface area contributed by atoms with Crippen LogP contribution in [0.15, 0.2) is 29.2 Å². The van der Waals surface area contributed by atoms with Crippen LogP contribution in [0, 0.1) is 0 Å². The normalized spacial score (nSPS) is 12.0. The molecule has 0 atom stereocenters. The molecular formula is C8H12N2O3S. The lowest BCUT2D eigenvalue weighted by Crippen LogP contribution is -2.33. The van der Waals surface area contributed by atoms with Gasteiger partial charge in [0, 0.05) is 6.42 Å². The van der Waals surface area contributed by atoms with Gasteiger partial charge in [0.15, 0.2) is 0 Å². The molecule has 78 valence electrons. The quantitative estimate of drug-likeness (QED) is 0.476. The number of benzene rings is 1. The Morgan fingerprint density at radius 1 is 1.29 bits per heavy atom. The number of rotatable bonds is 3. The Balaban J connectivity index is 3.17. The lowest BCUT2D eigenvalue weighted by atomic mass is 10.1. The van der Waals surface area contributed by atoms with Crippen molar-refractivity contribution in [2.75, 3.05) is 0 Å². The molecule has 0 aromatic heterocycles. The minimum Gasteiger partial charge on any atom is -0.316 e. The van der Waals surface area contributed by atoms with Crippen molar-refractivity contribution in [2.45, 2.75) is 17.5 Å². The van der Waals surface area contributed by atoms with E-state index >= 15 is 0 Å². The van der Waals surface area contributed by atoms with E-state index in [1.165, 1.54) is 12.1 Å². The molecule has 5 nitrogen and oxygen atoms in total. The van der Waals surface area contributed by atoms with Crippen LogP contribution < -0.4 is 11.5 Å². The van der Waals surface area contributed by atoms with Gasteiger partial charge in [0.2, 0.25) is 0 Å². The van der Waals surface area contributed by atoms with E-state index in [-0.39, 0.29) is 11.3 Å². The summed E-state index contributed by atoms with van der Waals surface area (Å²) in [4.78, 5) is -0.138. The molecule has 0 saturated heterocycles. The molecule has 0 heterocycles. The summed E-state index contributed by atoms with van der Waals surface area (Å²) in [6.45, 7) is 0. The van der Waals surface area contributed by atoms with E-state index in [1.807, 2.05) is 0 Å². The third-order valence-electron chi connectivity index (χ3n) is 1.71. The van der Waals surface area contributed by atoms with Crippen LogP contribution in [0.3, 0.4) is 0 Å². The average molecular weight is 216 g/mol. The third kappa shape index (κ3) is 2.78. The van der Waals surface area contributed by atoms with Crippen molar-refractivity contribution < 1.29 is 13.0 Å². The van der Waals surface area contributed by atoms with Crippen LogP contribution >= 0.6 is 0 Å². The van der Waals surface area contributed by atoms with Gasteiger partial charge in [-0.3, -0.25) is 4.55 Å². The monoisotopic (exact) mass is 216 g/mol. The highest BCUT2D eigenvalue weighted by molar-refractivity contribution is 7.85. The fourth-order valence-corrected chi connectivity index (χ4v) is 1.91. The largest absolute Gasteiger partial charge is 0.316 e. The summed E-state index contributed by atoms with van der Waals surface area (Å²) in [6, 6.07) is 6.06. The average Bonchev–Trinajstić information content (AvgIpc) is 2.01. The summed E-state index contributed by atoms with van der Waals surface area (Å²) >= 11 is 0. The molecule has 0 bridgehead atoms. The summed E-state index contributed by atoms with van der Waals surface area (Å²) < 4.78 is 30.7. The van der Waals surface area contributed by atoms with E-state index in [1.54, 1.807) is 12.1 Å². The third-order valence-corrected chi connectivity index (χ3v) is 2.66. The van der Waals surface area contributed by atoms with Crippen LogP contribution in [-0.2, 0) is 16.5 Å². The zero-order valence-corrected chi connectivity index (χ0v) is 8.24. The van der Waals surface area contributed by atoms with Gasteiger partial charge < -0.3 is 11.5 Å². The summed E-state index contributed by atoms with van der Waals surface area (Å²) in [5.74, 6) is 0. The Morgan fingerprint density at radius 3 is 2.36 bits per heavy atom. The van der Waals surface area contributed by atoms with Crippen molar-refractivity contribution >= 4 is 10.1 Å². The van der Waals surface area contributed by atoms with Gasteiger partial charge in [-0.05, 0) is 11.6 Å². The second kappa shape index (κ2) is 4.05. The summed E-state index contributed by atoms with van der Waals surface area (Å²) in [7, 11) is -4.19. The van der Waals surface area contributed by atoms with Crippen molar-refractivity contribution in [3.63, 3.8) is 0 Å². The lowest BCUT2D eigenvalue weighted by molar-refractivity contribution is 0.481.